The molecular formula is C12H20O. The molecule has 1 heteroatoms. The van der Waals surface area contributed by atoms with E-state index in [1.54, 1.807) is 0 Å². The van der Waals surface area contributed by atoms with E-state index in [9.17, 15) is 4.79 Å². The number of allylic oxidation sites excluding steroid dienone is 1. The molecule has 1 nitrogen and oxygen atoms in total. The molecule has 1 fully saturated rings. The number of aldehydes is 1. The summed E-state index contributed by atoms with van der Waals surface area (Å²) in [7, 11) is 0. The van der Waals surface area contributed by atoms with E-state index in [-0.39, 0.29) is 10.8 Å². The van der Waals surface area contributed by atoms with Gasteiger partial charge in [0, 0.05) is 5.41 Å². The van der Waals surface area contributed by atoms with Crippen LogP contribution in [0.15, 0.2) is 12.7 Å². The molecular weight excluding hydrogens is 160 g/mol. The van der Waals surface area contributed by atoms with Gasteiger partial charge in [0.25, 0.3) is 0 Å². The first-order valence-electron chi connectivity index (χ1n) is 5.15. The maximum atomic E-state index is 11.2. The molecule has 0 amide bonds. The molecule has 0 aromatic rings. The second-order valence-electron chi connectivity index (χ2n) is 4.86. The summed E-state index contributed by atoms with van der Waals surface area (Å²) in [5, 5.41) is 0. The first-order chi connectivity index (χ1) is 6.08. The van der Waals surface area contributed by atoms with Gasteiger partial charge in [0.15, 0.2) is 0 Å². The van der Waals surface area contributed by atoms with Crippen LogP contribution in [0.4, 0.5) is 0 Å². The Balaban J connectivity index is 2.91. The van der Waals surface area contributed by atoms with Crippen LogP contribution in [0, 0.1) is 10.8 Å². The van der Waals surface area contributed by atoms with Crippen LogP contribution in [0.1, 0.15) is 46.0 Å². The Labute approximate surface area is 81.2 Å². The van der Waals surface area contributed by atoms with Gasteiger partial charge < -0.3 is 4.79 Å². The summed E-state index contributed by atoms with van der Waals surface area (Å²) in [6.45, 7) is 8.18. The monoisotopic (exact) mass is 180 g/mol. The Morgan fingerprint density at radius 3 is 2.38 bits per heavy atom. The topological polar surface area (TPSA) is 17.1 Å². The van der Waals surface area contributed by atoms with E-state index in [1.165, 1.54) is 25.5 Å². The van der Waals surface area contributed by atoms with Crippen molar-refractivity contribution < 1.29 is 4.79 Å². The van der Waals surface area contributed by atoms with Crippen molar-refractivity contribution in [2.24, 2.45) is 10.8 Å². The van der Waals surface area contributed by atoms with Gasteiger partial charge in [-0.1, -0.05) is 32.8 Å². The van der Waals surface area contributed by atoms with Crippen LogP contribution >= 0.6 is 0 Å². The van der Waals surface area contributed by atoms with Crippen LogP contribution in [-0.2, 0) is 4.79 Å². The third kappa shape index (κ3) is 1.70. The Morgan fingerprint density at radius 1 is 1.31 bits per heavy atom. The van der Waals surface area contributed by atoms with Crippen LogP contribution in [0.25, 0.3) is 0 Å². The zero-order valence-electron chi connectivity index (χ0n) is 8.81. The molecule has 1 aliphatic rings. The molecule has 0 heterocycles. The summed E-state index contributed by atoms with van der Waals surface area (Å²) in [6, 6.07) is 0. The maximum absolute atomic E-state index is 11.2. The van der Waals surface area contributed by atoms with Crippen LogP contribution in [-0.4, -0.2) is 6.29 Å². The molecule has 1 unspecified atom stereocenters. The van der Waals surface area contributed by atoms with Gasteiger partial charge in [-0.05, 0) is 24.7 Å². The summed E-state index contributed by atoms with van der Waals surface area (Å²) in [4.78, 5) is 11.2. The Bertz CT molecular complexity index is 205. The average Bonchev–Trinajstić information content (AvgIpc) is 2.09. The number of carbonyl (C=O) groups is 1. The molecule has 0 bridgehead atoms. The minimum Gasteiger partial charge on any atom is -0.303 e. The highest BCUT2D eigenvalue weighted by Crippen LogP contribution is 2.51. The molecule has 1 saturated carbocycles. The SMILES string of the molecule is C=CCC1(C=O)CCCCC1(C)C. The van der Waals surface area contributed by atoms with Crippen LogP contribution in [0.2, 0.25) is 0 Å². The molecule has 0 saturated heterocycles. The predicted octanol–water partition coefficient (Wildman–Crippen LogP) is 3.35. The van der Waals surface area contributed by atoms with Gasteiger partial charge in [-0.15, -0.1) is 6.58 Å². The summed E-state index contributed by atoms with van der Waals surface area (Å²) >= 11 is 0. The van der Waals surface area contributed by atoms with Gasteiger partial charge in [-0.25, -0.2) is 0 Å². The second-order valence-corrected chi connectivity index (χ2v) is 4.86. The largest absolute Gasteiger partial charge is 0.303 e. The molecule has 1 atom stereocenters. The Hall–Kier alpha value is -0.590. The first kappa shape index (κ1) is 10.5. The predicted molar refractivity (Wildman–Crippen MR) is 55.6 cm³/mol. The fourth-order valence-electron chi connectivity index (χ4n) is 2.50. The lowest BCUT2D eigenvalue weighted by molar-refractivity contribution is -0.125. The van der Waals surface area contributed by atoms with Crippen molar-refractivity contribution >= 4 is 6.29 Å². The normalized spacial score (nSPS) is 32.5. The highest BCUT2D eigenvalue weighted by atomic mass is 16.1. The third-order valence-corrected chi connectivity index (χ3v) is 3.76. The number of hydrogen-bond donors (Lipinski definition) is 0. The van der Waals surface area contributed by atoms with Gasteiger partial charge in [0.05, 0.1) is 0 Å². The highest BCUT2D eigenvalue weighted by molar-refractivity contribution is 5.61. The minimum atomic E-state index is -0.132. The Morgan fingerprint density at radius 2 is 1.92 bits per heavy atom. The van der Waals surface area contributed by atoms with Gasteiger partial charge in [0.2, 0.25) is 0 Å². The van der Waals surface area contributed by atoms with E-state index in [0.717, 1.165) is 12.8 Å². The van der Waals surface area contributed by atoms with Crippen molar-refractivity contribution in [3.05, 3.63) is 12.7 Å². The second kappa shape index (κ2) is 3.65. The van der Waals surface area contributed by atoms with Crippen molar-refractivity contribution in [1.29, 1.82) is 0 Å². The minimum absolute atomic E-state index is 0.132. The van der Waals surface area contributed by atoms with E-state index in [0.29, 0.717) is 0 Å². The summed E-state index contributed by atoms with van der Waals surface area (Å²) in [6.07, 6.45) is 8.56. The summed E-state index contributed by atoms with van der Waals surface area (Å²) < 4.78 is 0. The molecule has 0 N–H and O–H groups in total. The summed E-state index contributed by atoms with van der Waals surface area (Å²) in [5.74, 6) is 0. The van der Waals surface area contributed by atoms with Crippen molar-refractivity contribution in [2.45, 2.75) is 46.0 Å². The zero-order valence-corrected chi connectivity index (χ0v) is 8.81. The molecule has 13 heavy (non-hydrogen) atoms. The Kier molecular flexibility index (Phi) is 2.94. The van der Waals surface area contributed by atoms with E-state index in [2.05, 4.69) is 20.4 Å². The number of hydrogen-bond acceptors (Lipinski definition) is 1. The van der Waals surface area contributed by atoms with Gasteiger partial charge in [-0.3, -0.25) is 0 Å². The first-order valence-corrected chi connectivity index (χ1v) is 5.15. The van der Waals surface area contributed by atoms with E-state index < -0.39 is 0 Å². The quantitative estimate of drug-likeness (QED) is 0.481. The molecule has 0 aromatic heterocycles. The van der Waals surface area contributed by atoms with Crippen LogP contribution in [0.3, 0.4) is 0 Å². The molecule has 0 spiro atoms. The standard InChI is InChI=1S/C12H20O/c1-4-7-12(10-13)9-6-5-8-11(12,2)3/h4,10H,1,5-9H2,2-3H3. The van der Waals surface area contributed by atoms with E-state index in [4.69, 9.17) is 0 Å². The zero-order chi connectivity index (χ0) is 9.95. The number of carbonyl (C=O) groups excluding carboxylic acids is 1. The number of rotatable bonds is 3. The fraction of sp³-hybridized carbons (Fsp3) is 0.750. The molecule has 1 aliphatic carbocycles. The molecule has 74 valence electrons. The highest BCUT2D eigenvalue weighted by Gasteiger charge is 2.45. The lowest BCUT2D eigenvalue weighted by Crippen LogP contribution is -2.41. The third-order valence-electron chi connectivity index (χ3n) is 3.76. The molecule has 0 aromatic carbocycles. The van der Waals surface area contributed by atoms with E-state index in [1.807, 2.05) is 6.08 Å². The fourth-order valence-corrected chi connectivity index (χ4v) is 2.50. The lowest BCUT2D eigenvalue weighted by Gasteiger charge is -2.46. The van der Waals surface area contributed by atoms with Crippen molar-refractivity contribution in [1.82, 2.24) is 0 Å². The van der Waals surface area contributed by atoms with Crippen LogP contribution < -0.4 is 0 Å². The van der Waals surface area contributed by atoms with Gasteiger partial charge in [-0.2, -0.15) is 0 Å². The van der Waals surface area contributed by atoms with Crippen molar-refractivity contribution in [2.75, 3.05) is 0 Å². The van der Waals surface area contributed by atoms with Gasteiger partial charge in [0.1, 0.15) is 6.29 Å². The van der Waals surface area contributed by atoms with Crippen LogP contribution in [0.5, 0.6) is 0 Å². The van der Waals surface area contributed by atoms with E-state index >= 15 is 0 Å². The summed E-state index contributed by atoms with van der Waals surface area (Å²) in [5.41, 5.74) is 0.0220. The average molecular weight is 180 g/mol. The smallest absolute Gasteiger partial charge is 0.126 e. The van der Waals surface area contributed by atoms with Crippen molar-refractivity contribution in [3.8, 4) is 0 Å². The maximum Gasteiger partial charge on any atom is 0.126 e. The molecule has 0 radical (unpaired) electrons. The molecule has 0 aliphatic heterocycles. The lowest BCUT2D eigenvalue weighted by atomic mass is 9.57. The van der Waals surface area contributed by atoms with Gasteiger partial charge >= 0.3 is 0 Å². The molecule has 1 rings (SSSR count). The van der Waals surface area contributed by atoms with Crippen molar-refractivity contribution in [3.63, 3.8) is 0 Å².